The summed E-state index contributed by atoms with van der Waals surface area (Å²) in [7, 11) is 0. The molecule has 0 amide bonds. The normalized spacial score (nSPS) is 12.2. The number of halogens is 5. The number of hydrogen-bond donors (Lipinski definition) is 0. The Labute approximate surface area is 71.0 Å². The van der Waals surface area contributed by atoms with E-state index in [1.165, 1.54) is 0 Å². The molecule has 0 heterocycles. The molecule has 0 atom stereocenters. The van der Waals surface area contributed by atoms with Gasteiger partial charge in [0.15, 0.2) is 0 Å². The summed E-state index contributed by atoms with van der Waals surface area (Å²) < 4.78 is 61.0. The van der Waals surface area contributed by atoms with Gasteiger partial charge in [-0.2, -0.15) is 17.6 Å². The molecule has 0 aliphatic carbocycles. The second kappa shape index (κ2) is 3.32. The van der Waals surface area contributed by atoms with Gasteiger partial charge in [-0.25, -0.2) is 4.39 Å². The molecule has 0 N–H and O–H groups in total. The van der Waals surface area contributed by atoms with Crippen LogP contribution in [0.3, 0.4) is 0 Å². The molecule has 0 nitrogen and oxygen atoms in total. The van der Waals surface area contributed by atoms with Crippen molar-refractivity contribution in [2.45, 2.75) is 5.92 Å². The molecule has 0 saturated heterocycles. The van der Waals surface area contributed by atoms with E-state index in [0.29, 0.717) is 12.1 Å². The minimum Gasteiger partial charge on any atom is -0.206 e. The summed E-state index contributed by atoms with van der Waals surface area (Å²) in [5.41, 5.74) is -1.31. The van der Waals surface area contributed by atoms with Gasteiger partial charge < -0.3 is 0 Å². The minimum atomic E-state index is -4.51. The summed E-state index contributed by atoms with van der Waals surface area (Å²) in [6.07, 6.45) is -3.11. The van der Waals surface area contributed by atoms with Crippen LogP contribution in [-0.2, 0) is 5.92 Å². The van der Waals surface area contributed by atoms with Crippen molar-refractivity contribution in [3.63, 3.8) is 0 Å². The molecule has 0 aromatic heterocycles. The first-order valence-electron chi connectivity index (χ1n) is 3.27. The molecule has 0 aliphatic rings. The fraction of sp³-hybridized carbons (Fsp3) is 0.125. The number of alkyl halides is 2. The fourth-order valence-electron chi connectivity index (χ4n) is 0.818. The van der Waals surface area contributed by atoms with Crippen LogP contribution in [-0.4, -0.2) is 0 Å². The van der Waals surface area contributed by atoms with E-state index in [1.54, 1.807) is 0 Å². The van der Waals surface area contributed by atoms with Gasteiger partial charge in [0.25, 0.3) is 0 Å². The molecule has 1 aromatic carbocycles. The van der Waals surface area contributed by atoms with Gasteiger partial charge in [0.05, 0.1) is 5.56 Å². The Bertz CT molecular complexity index is 294. The van der Waals surface area contributed by atoms with Crippen molar-refractivity contribution in [3.05, 3.63) is 42.1 Å². The SMILES string of the molecule is F[C](F)C(F)(F)c1ccccc1F. The molecule has 5 heteroatoms. The summed E-state index contributed by atoms with van der Waals surface area (Å²) in [6, 6.07) is 3.53. The van der Waals surface area contributed by atoms with Crippen LogP contribution >= 0.6 is 0 Å². The van der Waals surface area contributed by atoms with E-state index in [-0.39, 0.29) is 0 Å². The minimum absolute atomic E-state index is 0.620. The third kappa shape index (κ3) is 1.79. The first-order valence-corrected chi connectivity index (χ1v) is 3.27. The zero-order valence-corrected chi connectivity index (χ0v) is 6.20. The van der Waals surface area contributed by atoms with Gasteiger partial charge >= 0.3 is 12.3 Å². The zero-order chi connectivity index (χ0) is 10.1. The lowest BCUT2D eigenvalue weighted by molar-refractivity contribution is -0.0679. The van der Waals surface area contributed by atoms with Crippen LogP contribution in [0.15, 0.2) is 24.3 Å². The van der Waals surface area contributed by atoms with E-state index >= 15 is 0 Å². The Morgan fingerprint density at radius 2 is 1.62 bits per heavy atom. The molecule has 71 valence electrons. The Hall–Kier alpha value is -1.13. The average molecular weight is 195 g/mol. The van der Waals surface area contributed by atoms with Crippen molar-refractivity contribution in [2.75, 3.05) is 0 Å². The zero-order valence-electron chi connectivity index (χ0n) is 6.20. The maximum absolute atomic E-state index is 12.6. The predicted octanol–water partition coefficient (Wildman–Crippen LogP) is 3.35. The van der Waals surface area contributed by atoms with Crippen LogP contribution in [0, 0.1) is 12.2 Å². The number of benzene rings is 1. The summed E-state index contributed by atoms with van der Waals surface area (Å²) in [5, 5.41) is 0. The Kier molecular flexibility index (Phi) is 2.54. The smallest absolute Gasteiger partial charge is 0.206 e. The first-order chi connectivity index (χ1) is 5.96. The standard InChI is InChI=1S/C8H4F5/c9-6-4-2-1-3-5(6)8(12,13)7(10)11/h1-4H. The van der Waals surface area contributed by atoms with Crippen LogP contribution in [0.25, 0.3) is 0 Å². The van der Waals surface area contributed by atoms with E-state index in [9.17, 15) is 22.0 Å². The van der Waals surface area contributed by atoms with Gasteiger partial charge in [0, 0.05) is 0 Å². The van der Waals surface area contributed by atoms with Gasteiger partial charge in [0.2, 0.25) is 0 Å². The quantitative estimate of drug-likeness (QED) is 0.635. The maximum Gasteiger partial charge on any atom is 0.383 e. The van der Waals surface area contributed by atoms with Gasteiger partial charge in [-0.1, -0.05) is 12.1 Å². The largest absolute Gasteiger partial charge is 0.383 e. The lowest BCUT2D eigenvalue weighted by atomic mass is 10.1. The van der Waals surface area contributed by atoms with Crippen molar-refractivity contribution in [3.8, 4) is 0 Å². The molecule has 0 unspecified atom stereocenters. The molecule has 0 saturated carbocycles. The summed E-state index contributed by atoms with van der Waals surface area (Å²) in [5.74, 6) is -5.86. The summed E-state index contributed by atoms with van der Waals surface area (Å²) >= 11 is 0. The van der Waals surface area contributed by atoms with Crippen molar-refractivity contribution in [2.24, 2.45) is 0 Å². The Balaban J connectivity index is 3.14. The van der Waals surface area contributed by atoms with Crippen LogP contribution in [0.5, 0.6) is 0 Å². The molecule has 0 aliphatic heterocycles. The lowest BCUT2D eigenvalue weighted by Gasteiger charge is -2.14. The molecule has 0 bridgehead atoms. The number of hydrogen-bond acceptors (Lipinski definition) is 0. The Morgan fingerprint density at radius 3 is 2.08 bits per heavy atom. The van der Waals surface area contributed by atoms with Crippen LogP contribution < -0.4 is 0 Å². The molecular weight excluding hydrogens is 191 g/mol. The highest BCUT2D eigenvalue weighted by molar-refractivity contribution is 5.24. The maximum atomic E-state index is 12.6. The van der Waals surface area contributed by atoms with Crippen LogP contribution in [0.1, 0.15) is 5.56 Å². The number of rotatable bonds is 2. The molecule has 1 radical (unpaired) electrons. The van der Waals surface area contributed by atoms with Crippen molar-refractivity contribution in [1.82, 2.24) is 0 Å². The van der Waals surface area contributed by atoms with E-state index < -0.39 is 23.7 Å². The van der Waals surface area contributed by atoms with Gasteiger partial charge in [-0.05, 0) is 12.1 Å². The second-order valence-electron chi connectivity index (χ2n) is 2.31. The molecule has 0 fully saturated rings. The van der Waals surface area contributed by atoms with Crippen molar-refractivity contribution in [1.29, 1.82) is 0 Å². The van der Waals surface area contributed by atoms with E-state index in [4.69, 9.17) is 0 Å². The third-order valence-electron chi connectivity index (χ3n) is 1.45. The first kappa shape index (κ1) is 9.95. The summed E-state index contributed by atoms with van der Waals surface area (Å²) in [4.78, 5) is 0. The third-order valence-corrected chi connectivity index (χ3v) is 1.45. The highest BCUT2D eigenvalue weighted by atomic mass is 19.3. The van der Waals surface area contributed by atoms with Gasteiger partial charge in [-0.15, -0.1) is 0 Å². The van der Waals surface area contributed by atoms with E-state index in [1.807, 2.05) is 0 Å². The molecule has 1 aromatic rings. The van der Waals surface area contributed by atoms with E-state index in [0.717, 1.165) is 12.1 Å². The molecule has 13 heavy (non-hydrogen) atoms. The van der Waals surface area contributed by atoms with Gasteiger partial charge in [0.1, 0.15) is 5.82 Å². The van der Waals surface area contributed by atoms with Gasteiger partial charge in [-0.3, -0.25) is 0 Å². The fourth-order valence-corrected chi connectivity index (χ4v) is 0.818. The van der Waals surface area contributed by atoms with Crippen molar-refractivity contribution >= 4 is 0 Å². The lowest BCUT2D eigenvalue weighted by Crippen LogP contribution is -2.19. The summed E-state index contributed by atoms with van der Waals surface area (Å²) in [6.45, 7) is 0. The highest BCUT2D eigenvalue weighted by Gasteiger charge is 2.46. The molecule has 1 rings (SSSR count). The molecule has 0 spiro atoms. The topological polar surface area (TPSA) is 0 Å². The second-order valence-corrected chi connectivity index (χ2v) is 2.31. The van der Waals surface area contributed by atoms with Crippen LogP contribution in [0.4, 0.5) is 22.0 Å². The van der Waals surface area contributed by atoms with Crippen LogP contribution in [0.2, 0.25) is 0 Å². The molecular formula is C8H4F5. The average Bonchev–Trinajstić information content (AvgIpc) is 2.04. The van der Waals surface area contributed by atoms with E-state index in [2.05, 4.69) is 0 Å². The monoisotopic (exact) mass is 195 g/mol. The van der Waals surface area contributed by atoms with Crippen molar-refractivity contribution < 1.29 is 22.0 Å². The Morgan fingerprint density at radius 1 is 1.08 bits per heavy atom. The highest BCUT2D eigenvalue weighted by Crippen LogP contribution is 2.40. The predicted molar refractivity (Wildman–Crippen MR) is 35.8 cm³/mol.